The molecule has 0 atom stereocenters. The molecule has 0 bridgehead atoms. The Labute approximate surface area is 160 Å². The number of pyridine rings is 2. The van der Waals surface area contributed by atoms with Crippen molar-refractivity contribution in [1.82, 2.24) is 29.3 Å². The highest BCUT2D eigenvalue weighted by molar-refractivity contribution is 5.61. The van der Waals surface area contributed by atoms with Gasteiger partial charge in [-0.25, -0.2) is 9.97 Å². The van der Waals surface area contributed by atoms with Gasteiger partial charge >= 0.3 is 0 Å². The van der Waals surface area contributed by atoms with Crippen LogP contribution in [0.25, 0.3) is 16.9 Å². The molecular weight excluding hydrogens is 359 g/mol. The molecule has 0 fully saturated rings. The van der Waals surface area contributed by atoms with Crippen LogP contribution in [0, 0.1) is 12.9 Å². The Bertz CT molecular complexity index is 1170. The third kappa shape index (κ3) is 3.34. The van der Waals surface area contributed by atoms with Crippen LogP contribution < -0.4 is 11.1 Å². The van der Waals surface area contributed by atoms with Gasteiger partial charge in [0.05, 0.1) is 22.9 Å². The van der Waals surface area contributed by atoms with Gasteiger partial charge in [-0.1, -0.05) is 6.07 Å². The van der Waals surface area contributed by atoms with Crippen LogP contribution in [0.2, 0.25) is 0 Å². The molecular formula is C19H19FN8. The Hall–Kier alpha value is -3.62. The minimum Gasteiger partial charge on any atom is -0.368 e. The molecule has 0 aromatic carbocycles. The first-order valence-electron chi connectivity index (χ1n) is 8.69. The maximum absolute atomic E-state index is 13.5. The summed E-state index contributed by atoms with van der Waals surface area (Å²) in [5.74, 6) is 1.09. The third-order valence-electron chi connectivity index (χ3n) is 4.40. The maximum Gasteiger partial charge on any atom is 0.228 e. The van der Waals surface area contributed by atoms with Gasteiger partial charge in [-0.15, -0.1) is 0 Å². The van der Waals surface area contributed by atoms with E-state index in [1.165, 1.54) is 6.07 Å². The molecule has 3 N–H and O–H groups in total. The van der Waals surface area contributed by atoms with Gasteiger partial charge in [0, 0.05) is 11.8 Å². The highest BCUT2D eigenvalue weighted by atomic mass is 19.1. The molecule has 4 aromatic rings. The second-order valence-corrected chi connectivity index (χ2v) is 6.95. The van der Waals surface area contributed by atoms with Gasteiger partial charge in [0.25, 0.3) is 0 Å². The number of nitrogens with zero attached hydrogens (tertiary/aromatic N) is 6. The van der Waals surface area contributed by atoms with E-state index in [1.54, 1.807) is 18.3 Å². The van der Waals surface area contributed by atoms with Crippen molar-refractivity contribution in [3.63, 3.8) is 0 Å². The van der Waals surface area contributed by atoms with Crippen LogP contribution in [0.15, 0.2) is 42.7 Å². The van der Waals surface area contributed by atoms with Crippen LogP contribution in [0.5, 0.6) is 0 Å². The number of nitrogen functional groups attached to an aromatic ring is 1. The number of nitrogens with one attached hydrogen (secondary N) is 1. The first-order valence-corrected chi connectivity index (χ1v) is 8.69. The van der Waals surface area contributed by atoms with E-state index in [9.17, 15) is 4.39 Å². The fourth-order valence-corrected chi connectivity index (χ4v) is 2.93. The normalized spacial score (nSPS) is 11.7. The predicted molar refractivity (Wildman–Crippen MR) is 104 cm³/mol. The molecule has 9 heteroatoms. The minimum absolute atomic E-state index is 0.0814. The molecule has 4 heterocycles. The molecule has 0 saturated carbocycles. The standard InChI is InChI=1S/C19H19FN8/c1-11-22-9-13-8-7-12(10-28(11)13)16-24-17(21)26-18(25-16)27-19(2,3)14-5-4-6-15(20)23-14/h4-10H,1-3H3,(H3,21,24,25,26,27). The molecule has 4 aromatic heterocycles. The molecule has 142 valence electrons. The summed E-state index contributed by atoms with van der Waals surface area (Å²) in [7, 11) is 0. The van der Waals surface area contributed by atoms with Crippen molar-refractivity contribution in [3.05, 3.63) is 60.2 Å². The molecule has 0 aliphatic carbocycles. The number of nitrogens with two attached hydrogens (primary N) is 1. The van der Waals surface area contributed by atoms with E-state index in [1.807, 2.05) is 43.5 Å². The van der Waals surface area contributed by atoms with Crippen molar-refractivity contribution in [1.29, 1.82) is 0 Å². The summed E-state index contributed by atoms with van der Waals surface area (Å²) < 4.78 is 15.5. The van der Waals surface area contributed by atoms with E-state index in [2.05, 4.69) is 30.2 Å². The van der Waals surface area contributed by atoms with Gasteiger partial charge in [-0.2, -0.15) is 19.3 Å². The lowest BCUT2D eigenvalue weighted by molar-refractivity contribution is 0.529. The van der Waals surface area contributed by atoms with Crippen LogP contribution in [-0.4, -0.2) is 29.3 Å². The molecule has 28 heavy (non-hydrogen) atoms. The van der Waals surface area contributed by atoms with Crippen LogP contribution in [-0.2, 0) is 5.54 Å². The number of hydrogen-bond donors (Lipinski definition) is 2. The van der Waals surface area contributed by atoms with Crippen molar-refractivity contribution >= 4 is 17.4 Å². The first-order chi connectivity index (χ1) is 13.3. The van der Waals surface area contributed by atoms with Crippen LogP contribution in [0.1, 0.15) is 25.4 Å². The molecule has 0 radical (unpaired) electrons. The molecule has 0 aliphatic rings. The van der Waals surface area contributed by atoms with Crippen LogP contribution in [0.3, 0.4) is 0 Å². The first kappa shape index (κ1) is 17.8. The summed E-state index contributed by atoms with van der Waals surface area (Å²) >= 11 is 0. The topological polar surface area (TPSA) is 107 Å². The van der Waals surface area contributed by atoms with Crippen LogP contribution >= 0.6 is 0 Å². The van der Waals surface area contributed by atoms with Crippen molar-refractivity contribution in [2.24, 2.45) is 0 Å². The Balaban J connectivity index is 1.71. The number of halogens is 1. The Morgan fingerprint density at radius 1 is 1.07 bits per heavy atom. The summed E-state index contributed by atoms with van der Waals surface area (Å²) in [6.45, 7) is 5.63. The van der Waals surface area contributed by atoms with E-state index >= 15 is 0 Å². The van der Waals surface area contributed by atoms with Crippen molar-refractivity contribution in [2.45, 2.75) is 26.3 Å². The zero-order valence-electron chi connectivity index (χ0n) is 15.7. The fourth-order valence-electron chi connectivity index (χ4n) is 2.93. The lowest BCUT2D eigenvalue weighted by atomic mass is 10.0. The molecule has 0 spiro atoms. The SMILES string of the molecule is Cc1ncc2ccc(-c3nc(N)nc(NC(C)(C)c4cccc(F)n4)n3)cn12. The number of rotatable bonds is 4. The summed E-state index contributed by atoms with van der Waals surface area (Å²) in [5.41, 5.74) is 7.44. The summed E-state index contributed by atoms with van der Waals surface area (Å²) in [6, 6.07) is 8.47. The lowest BCUT2D eigenvalue weighted by Gasteiger charge is -2.25. The smallest absolute Gasteiger partial charge is 0.228 e. The summed E-state index contributed by atoms with van der Waals surface area (Å²) in [6.07, 6.45) is 3.69. The largest absolute Gasteiger partial charge is 0.368 e. The Morgan fingerprint density at radius 2 is 1.89 bits per heavy atom. The Morgan fingerprint density at radius 3 is 2.68 bits per heavy atom. The van der Waals surface area contributed by atoms with E-state index < -0.39 is 11.5 Å². The monoisotopic (exact) mass is 378 g/mol. The van der Waals surface area contributed by atoms with Gasteiger partial charge in [0.1, 0.15) is 5.82 Å². The maximum atomic E-state index is 13.5. The van der Waals surface area contributed by atoms with Crippen molar-refractivity contribution < 1.29 is 4.39 Å². The fraction of sp³-hybridized carbons (Fsp3) is 0.211. The molecule has 0 amide bonds. The molecule has 4 rings (SSSR count). The zero-order chi connectivity index (χ0) is 19.9. The second-order valence-electron chi connectivity index (χ2n) is 6.95. The van der Waals surface area contributed by atoms with E-state index in [4.69, 9.17) is 5.73 Å². The molecule has 0 saturated heterocycles. The van der Waals surface area contributed by atoms with Gasteiger partial charge in [-0.3, -0.25) is 0 Å². The predicted octanol–water partition coefficient (Wildman–Crippen LogP) is 2.96. The molecule has 8 nitrogen and oxygen atoms in total. The summed E-state index contributed by atoms with van der Waals surface area (Å²) in [5, 5.41) is 3.17. The quantitative estimate of drug-likeness (QED) is 0.526. The summed E-state index contributed by atoms with van der Waals surface area (Å²) in [4.78, 5) is 21.1. The average Bonchev–Trinajstić information content (AvgIpc) is 3.01. The number of imidazole rings is 1. The van der Waals surface area contributed by atoms with E-state index in [0.29, 0.717) is 11.5 Å². The molecule has 0 aliphatic heterocycles. The number of hydrogen-bond acceptors (Lipinski definition) is 7. The molecule has 0 unspecified atom stereocenters. The van der Waals surface area contributed by atoms with E-state index in [0.717, 1.165) is 16.9 Å². The number of anilines is 2. The van der Waals surface area contributed by atoms with Gasteiger partial charge in [0.15, 0.2) is 5.82 Å². The second kappa shape index (κ2) is 6.52. The third-order valence-corrected chi connectivity index (χ3v) is 4.40. The minimum atomic E-state index is -0.724. The van der Waals surface area contributed by atoms with E-state index in [-0.39, 0.29) is 11.9 Å². The van der Waals surface area contributed by atoms with Gasteiger partial charge in [0.2, 0.25) is 17.8 Å². The number of aromatic nitrogens is 6. The van der Waals surface area contributed by atoms with Gasteiger partial charge in [-0.05, 0) is 45.0 Å². The highest BCUT2D eigenvalue weighted by Crippen LogP contribution is 2.25. The highest BCUT2D eigenvalue weighted by Gasteiger charge is 2.24. The lowest BCUT2D eigenvalue weighted by Crippen LogP contribution is -2.30. The van der Waals surface area contributed by atoms with Gasteiger partial charge < -0.3 is 15.5 Å². The van der Waals surface area contributed by atoms with Crippen LogP contribution in [0.4, 0.5) is 16.3 Å². The van der Waals surface area contributed by atoms with Crippen molar-refractivity contribution in [3.8, 4) is 11.4 Å². The Kier molecular flexibility index (Phi) is 4.14. The number of fused-ring (bicyclic) bond motifs is 1. The number of aryl methyl sites for hydroxylation is 1. The zero-order valence-corrected chi connectivity index (χ0v) is 15.7. The average molecular weight is 378 g/mol. The van der Waals surface area contributed by atoms with Crippen molar-refractivity contribution in [2.75, 3.05) is 11.1 Å².